The summed E-state index contributed by atoms with van der Waals surface area (Å²) in [4.78, 5) is 7.50. The first kappa shape index (κ1) is 15.6. The molecule has 0 spiro atoms. The SMILES string of the molecule is CCCNc1ncc(F)c(Oc2cc(Br)cc(F)c2F)n1. The maximum atomic E-state index is 13.6. The number of anilines is 1. The van der Waals surface area contributed by atoms with Crippen LogP contribution in [0.4, 0.5) is 19.1 Å². The summed E-state index contributed by atoms with van der Waals surface area (Å²) < 4.78 is 45.7. The Hall–Kier alpha value is -1.83. The fraction of sp³-hybridized carbons (Fsp3) is 0.231. The van der Waals surface area contributed by atoms with Crippen LogP contribution in [0.2, 0.25) is 0 Å². The second-order valence-electron chi connectivity index (χ2n) is 4.08. The van der Waals surface area contributed by atoms with Gasteiger partial charge in [-0.25, -0.2) is 9.37 Å². The van der Waals surface area contributed by atoms with E-state index in [9.17, 15) is 13.2 Å². The molecular formula is C13H11BrF3N3O. The zero-order valence-electron chi connectivity index (χ0n) is 11.0. The second kappa shape index (κ2) is 6.75. The van der Waals surface area contributed by atoms with Gasteiger partial charge in [0.05, 0.1) is 6.20 Å². The van der Waals surface area contributed by atoms with Gasteiger partial charge in [0, 0.05) is 11.0 Å². The molecule has 0 unspecified atom stereocenters. The van der Waals surface area contributed by atoms with E-state index < -0.39 is 29.1 Å². The molecule has 0 atom stereocenters. The summed E-state index contributed by atoms with van der Waals surface area (Å²) >= 11 is 3.00. The number of nitrogens with one attached hydrogen (secondary N) is 1. The quantitative estimate of drug-likeness (QED) is 0.807. The molecular weight excluding hydrogens is 351 g/mol. The third-order valence-corrected chi connectivity index (χ3v) is 2.87. The van der Waals surface area contributed by atoms with Crippen molar-refractivity contribution in [1.29, 1.82) is 0 Å². The van der Waals surface area contributed by atoms with Crippen molar-refractivity contribution in [3.8, 4) is 11.6 Å². The van der Waals surface area contributed by atoms with Crippen LogP contribution in [0.1, 0.15) is 13.3 Å². The van der Waals surface area contributed by atoms with E-state index in [1.165, 1.54) is 6.07 Å². The minimum atomic E-state index is -1.22. The Bertz CT molecular complexity index is 655. The molecule has 8 heteroatoms. The number of nitrogens with zero attached hydrogens (tertiary/aromatic N) is 2. The number of benzene rings is 1. The number of hydrogen-bond acceptors (Lipinski definition) is 4. The van der Waals surface area contributed by atoms with Crippen molar-refractivity contribution in [3.63, 3.8) is 0 Å². The lowest BCUT2D eigenvalue weighted by atomic mass is 10.3. The minimum Gasteiger partial charge on any atom is -0.433 e. The van der Waals surface area contributed by atoms with Crippen molar-refractivity contribution >= 4 is 21.9 Å². The average molecular weight is 362 g/mol. The first-order chi connectivity index (χ1) is 10.0. The Morgan fingerprint density at radius 2 is 2.00 bits per heavy atom. The molecule has 0 aliphatic heterocycles. The van der Waals surface area contributed by atoms with Gasteiger partial charge in [0.1, 0.15) is 0 Å². The Balaban J connectivity index is 2.30. The van der Waals surface area contributed by atoms with Crippen molar-refractivity contribution < 1.29 is 17.9 Å². The third kappa shape index (κ3) is 3.84. The normalized spacial score (nSPS) is 10.5. The Kier molecular flexibility index (Phi) is 5.00. The average Bonchev–Trinajstić information content (AvgIpc) is 2.45. The van der Waals surface area contributed by atoms with Gasteiger partial charge >= 0.3 is 0 Å². The summed E-state index contributed by atoms with van der Waals surface area (Å²) in [5.74, 6) is -4.03. The van der Waals surface area contributed by atoms with Crippen LogP contribution in [-0.4, -0.2) is 16.5 Å². The van der Waals surface area contributed by atoms with Crippen LogP contribution in [0.5, 0.6) is 11.6 Å². The van der Waals surface area contributed by atoms with Crippen LogP contribution in [0.15, 0.2) is 22.8 Å². The zero-order valence-corrected chi connectivity index (χ0v) is 12.5. The van der Waals surface area contributed by atoms with Gasteiger partial charge in [-0.05, 0) is 18.6 Å². The molecule has 1 N–H and O–H groups in total. The van der Waals surface area contributed by atoms with E-state index in [2.05, 4.69) is 31.2 Å². The standard InChI is InChI=1S/C13H11BrF3N3O/c1-2-3-18-13-19-6-9(16)12(20-13)21-10-5-7(14)4-8(15)11(10)17/h4-6H,2-3H2,1H3,(H,18,19,20). The molecule has 1 heterocycles. The molecule has 1 aromatic heterocycles. The summed E-state index contributed by atoms with van der Waals surface area (Å²) in [6, 6.07) is 2.12. The van der Waals surface area contributed by atoms with Crippen molar-refractivity contribution in [2.24, 2.45) is 0 Å². The van der Waals surface area contributed by atoms with E-state index in [-0.39, 0.29) is 10.4 Å². The van der Waals surface area contributed by atoms with E-state index >= 15 is 0 Å². The highest BCUT2D eigenvalue weighted by atomic mass is 79.9. The minimum absolute atomic E-state index is 0.143. The van der Waals surface area contributed by atoms with Gasteiger partial charge in [-0.15, -0.1) is 0 Å². The number of aromatic nitrogens is 2. The molecule has 2 aromatic rings. The fourth-order valence-electron chi connectivity index (χ4n) is 1.46. The molecule has 0 saturated carbocycles. The molecule has 0 aliphatic carbocycles. The molecule has 1 aromatic carbocycles. The van der Waals surface area contributed by atoms with Gasteiger partial charge in [0.2, 0.25) is 17.6 Å². The van der Waals surface area contributed by atoms with E-state index in [0.717, 1.165) is 18.7 Å². The molecule has 21 heavy (non-hydrogen) atoms. The van der Waals surface area contributed by atoms with E-state index in [1.54, 1.807) is 0 Å². The second-order valence-corrected chi connectivity index (χ2v) is 4.99. The van der Waals surface area contributed by atoms with Crippen LogP contribution in [0, 0.1) is 17.5 Å². The van der Waals surface area contributed by atoms with Gasteiger partial charge < -0.3 is 10.1 Å². The smallest absolute Gasteiger partial charge is 0.260 e. The Morgan fingerprint density at radius 3 is 2.71 bits per heavy atom. The fourth-order valence-corrected chi connectivity index (χ4v) is 1.86. The van der Waals surface area contributed by atoms with Crippen LogP contribution >= 0.6 is 15.9 Å². The first-order valence-electron chi connectivity index (χ1n) is 6.10. The van der Waals surface area contributed by atoms with Crippen LogP contribution in [0.25, 0.3) is 0 Å². The predicted octanol–water partition coefficient (Wildman–Crippen LogP) is 4.27. The lowest BCUT2D eigenvalue weighted by molar-refractivity contribution is 0.382. The largest absolute Gasteiger partial charge is 0.433 e. The van der Waals surface area contributed by atoms with Gasteiger partial charge in [-0.2, -0.15) is 13.8 Å². The van der Waals surface area contributed by atoms with E-state index in [0.29, 0.717) is 6.54 Å². The summed E-state index contributed by atoms with van der Waals surface area (Å²) in [5.41, 5.74) is 0. The number of halogens is 4. The van der Waals surface area contributed by atoms with Crippen LogP contribution in [-0.2, 0) is 0 Å². The van der Waals surface area contributed by atoms with Crippen LogP contribution in [0.3, 0.4) is 0 Å². The third-order valence-electron chi connectivity index (χ3n) is 2.41. The van der Waals surface area contributed by atoms with Gasteiger partial charge in [0.15, 0.2) is 11.6 Å². The number of rotatable bonds is 5. The maximum Gasteiger partial charge on any atom is 0.260 e. The highest BCUT2D eigenvalue weighted by Crippen LogP contribution is 2.30. The molecule has 4 nitrogen and oxygen atoms in total. The predicted molar refractivity (Wildman–Crippen MR) is 74.9 cm³/mol. The van der Waals surface area contributed by atoms with Gasteiger partial charge in [-0.3, -0.25) is 0 Å². The highest BCUT2D eigenvalue weighted by molar-refractivity contribution is 9.10. The van der Waals surface area contributed by atoms with E-state index in [1.807, 2.05) is 6.92 Å². The van der Waals surface area contributed by atoms with Crippen molar-refractivity contribution in [3.05, 3.63) is 40.3 Å². The summed E-state index contributed by atoms with van der Waals surface area (Å²) in [6.45, 7) is 2.53. The summed E-state index contributed by atoms with van der Waals surface area (Å²) in [7, 11) is 0. The van der Waals surface area contributed by atoms with Gasteiger partial charge in [-0.1, -0.05) is 22.9 Å². The van der Waals surface area contributed by atoms with Crippen molar-refractivity contribution in [1.82, 2.24) is 9.97 Å². The van der Waals surface area contributed by atoms with Crippen molar-refractivity contribution in [2.45, 2.75) is 13.3 Å². The monoisotopic (exact) mass is 361 g/mol. The van der Waals surface area contributed by atoms with Crippen LogP contribution < -0.4 is 10.1 Å². The molecule has 2 rings (SSSR count). The molecule has 0 bridgehead atoms. The highest BCUT2D eigenvalue weighted by Gasteiger charge is 2.16. The Labute approximate surface area is 127 Å². The number of hydrogen-bond donors (Lipinski definition) is 1. The molecule has 112 valence electrons. The first-order valence-corrected chi connectivity index (χ1v) is 6.89. The molecule has 0 fully saturated rings. The summed E-state index contributed by atoms with van der Waals surface area (Å²) in [6.07, 6.45) is 1.72. The molecule has 0 radical (unpaired) electrons. The van der Waals surface area contributed by atoms with E-state index in [4.69, 9.17) is 4.74 Å². The topological polar surface area (TPSA) is 47.0 Å². The molecule has 0 aliphatic rings. The van der Waals surface area contributed by atoms with Crippen molar-refractivity contribution in [2.75, 3.05) is 11.9 Å². The lowest BCUT2D eigenvalue weighted by Gasteiger charge is -2.09. The summed E-state index contributed by atoms with van der Waals surface area (Å²) in [5, 5.41) is 2.84. The molecule has 0 amide bonds. The number of ether oxygens (including phenoxy) is 1. The van der Waals surface area contributed by atoms with Gasteiger partial charge in [0.25, 0.3) is 5.88 Å². The Morgan fingerprint density at radius 1 is 1.24 bits per heavy atom. The zero-order chi connectivity index (χ0) is 15.4. The maximum absolute atomic E-state index is 13.6. The lowest BCUT2D eigenvalue weighted by Crippen LogP contribution is -2.06. The molecule has 0 saturated heterocycles.